The monoisotopic (exact) mass is 153 g/mol. The van der Waals surface area contributed by atoms with Crippen molar-refractivity contribution in [2.24, 2.45) is 0 Å². The highest BCUT2D eigenvalue weighted by molar-refractivity contribution is 5.78. The van der Waals surface area contributed by atoms with E-state index in [0.29, 0.717) is 11.9 Å². The van der Waals surface area contributed by atoms with Crippen molar-refractivity contribution in [2.75, 3.05) is 6.54 Å². The predicted molar refractivity (Wildman–Crippen MR) is 43.2 cm³/mol. The molecule has 0 aliphatic carbocycles. The minimum Gasteiger partial charge on any atom is -0.340 e. The summed E-state index contributed by atoms with van der Waals surface area (Å²) in [6, 6.07) is 0.616. The van der Waals surface area contributed by atoms with Crippen LogP contribution >= 0.6 is 0 Å². The molecule has 2 nitrogen and oxygen atoms in total. The van der Waals surface area contributed by atoms with E-state index in [4.69, 9.17) is 0 Å². The van der Waals surface area contributed by atoms with Gasteiger partial charge in [-0.3, -0.25) is 4.79 Å². The van der Waals surface area contributed by atoms with Gasteiger partial charge in [-0.1, -0.05) is 12.8 Å². The van der Waals surface area contributed by atoms with Crippen LogP contribution in [0, 0.1) is 0 Å². The maximum atomic E-state index is 11.3. The van der Waals surface area contributed by atoms with Crippen LogP contribution in [0.5, 0.6) is 0 Å². The highest BCUT2D eigenvalue weighted by Crippen LogP contribution is 2.26. The molecule has 0 N–H and O–H groups in total. The molecule has 2 fully saturated rings. The molecule has 0 aromatic carbocycles. The minimum absolute atomic E-state index is 0.400. The van der Waals surface area contributed by atoms with E-state index in [0.717, 1.165) is 19.4 Å². The number of amides is 1. The third-order valence-corrected chi connectivity index (χ3v) is 2.89. The van der Waals surface area contributed by atoms with Crippen molar-refractivity contribution < 1.29 is 4.79 Å². The molecule has 0 aromatic rings. The molecule has 1 amide bonds. The van der Waals surface area contributed by atoms with Gasteiger partial charge < -0.3 is 4.90 Å². The third kappa shape index (κ3) is 1.26. The first-order valence-corrected chi connectivity index (χ1v) is 4.67. The van der Waals surface area contributed by atoms with E-state index in [-0.39, 0.29) is 0 Å². The standard InChI is InChI=1S/C9H15NO/c11-9-6-5-8-4-2-1-3-7-10(8)9/h8H,1-7H2. The quantitative estimate of drug-likeness (QED) is 0.517. The Balaban J connectivity index is 2.06. The van der Waals surface area contributed by atoms with Crippen molar-refractivity contribution in [1.82, 2.24) is 4.90 Å². The maximum Gasteiger partial charge on any atom is 0.222 e. The summed E-state index contributed by atoms with van der Waals surface area (Å²) in [5.41, 5.74) is 0. The average molecular weight is 153 g/mol. The van der Waals surface area contributed by atoms with Gasteiger partial charge >= 0.3 is 0 Å². The molecule has 1 atom stereocenters. The molecule has 2 aliphatic rings. The second-order valence-electron chi connectivity index (χ2n) is 3.63. The predicted octanol–water partition coefficient (Wildman–Crippen LogP) is 1.55. The molecule has 11 heavy (non-hydrogen) atoms. The topological polar surface area (TPSA) is 20.3 Å². The smallest absolute Gasteiger partial charge is 0.222 e. The second kappa shape index (κ2) is 2.84. The first-order valence-electron chi connectivity index (χ1n) is 4.67. The van der Waals surface area contributed by atoms with Crippen molar-refractivity contribution >= 4 is 5.91 Å². The SMILES string of the molecule is O=C1CCC2CCCCCN12. The van der Waals surface area contributed by atoms with Crippen molar-refractivity contribution in [3.63, 3.8) is 0 Å². The molecule has 0 saturated carbocycles. The lowest BCUT2D eigenvalue weighted by Crippen LogP contribution is -2.32. The van der Waals surface area contributed by atoms with E-state index in [1.165, 1.54) is 25.7 Å². The fourth-order valence-corrected chi connectivity index (χ4v) is 2.24. The molecule has 2 heteroatoms. The summed E-state index contributed by atoms with van der Waals surface area (Å²) in [7, 11) is 0. The van der Waals surface area contributed by atoms with Crippen LogP contribution in [0.25, 0.3) is 0 Å². The van der Waals surface area contributed by atoms with Gasteiger partial charge in [0.2, 0.25) is 5.91 Å². The molecule has 62 valence electrons. The maximum absolute atomic E-state index is 11.3. The summed E-state index contributed by atoms with van der Waals surface area (Å²) in [6.07, 6.45) is 7.06. The fraction of sp³-hybridized carbons (Fsp3) is 0.889. The zero-order valence-corrected chi connectivity index (χ0v) is 6.88. The highest BCUT2D eigenvalue weighted by atomic mass is 16.2. The summed E-state index contributed by atoms with van der Waals surface area (Å²) in [5.74, 6) is 0.400. The van der Waals surface area contributed by atoms with Crippen molar-refractivity contribution in [2.45, 2.75) is 44.6 Å². The van der Waals surface area contributed by atoms with Gasteiger partial charge in [0.1, 0.15) is 0 Å². The Kier molecular flexibility index (Phi) is 1.84. The van der Waals surface area contributed by atoms with Gasteiger partial charge in [-0.25, -0.2) is 0 Å². The van der Waals surface area contributed by atoms with Crippen LogP contribution in [0.1, 0.15) is 38.5 Å². The number of rotatable bonds is 0. The molecule has 0 bridgehead atoms. The molecule has 0 aromatic heterocycles. The van der Waals surface area contributed by atoms with E-state index in [9.17, 15) is 4.79 Å². The Morgan fingerprint density at radius 2 is 2.09 bits per heavy atom. The molecule has 0 radical (unpaired) electrons. The Bertz CT molecular complexity index is 167. The first kappa shape index (κ1) is 7.14. The van der Waals surface area contributed by atoms with Gasteiger partial charge in [0, 0.05) is 19.0 Å². The number of carbonyl (C=O) groups excluding carboxylic acids is 1. The summed E-state index contributed by atoms with van der Waals surface area (Å²) in [6.45, 7) is 1.03. The summed E-state index contributed by atoms with van der Waals surface area (Å²) in [4.78, 5) is 13.4. The van der Waals surface area contributed by atoms with Crippen LogP contribution in [0.2, 0.25) is 0 Å². The van der Waals surface area contributed by atoms with Crippen molar-refractivity contribution in [1.29, 1.82) is 0 Å². The largest absolute Gasteiger partial charge is 0.340 e. The third-order valence-electron chi connectivity index (χ3n) is 2.89. The lowest BCUT2D eigenvalue weighted by atomic mass is 10.1. The summed E-state index contributed by atoms with van der Waals surface area (Å²) < 4.78 is 0. The second-order valence-corrected chi connectivity index (χ2v) is 3.63. The van der Waals surface area contributed by atoms with Crippen LogP contribution < -0.4 is 0 Å². The molecule has 2 heterocycles. The number of fused-ring (bicyclic) bond motifs is 1. The number of hydrogen-bond acceptors (Lipinski definition) is 1. The van der Waals surface area contributed by atoms with Crippen LogP contribution in [-0.2, 0) is 4.79 Å². The zero-order chi connectivity index (χ0) is 7.68. The van der Waals surface area contributed by atoms with Crippen LogP contribution in [0.3, 0.4) is 0 Å². The summed E-state index contributed by atoms with van der Waals surface area (Å²) >= 11 is 0. The number of carbonyl (C=O) groups is 1. The molecular formula is C9H15NO. The van der Waals surface area contributed by atoms with E-state index in [1.807, 2.05) is 0 Å². The normalized spacial score (nSPS) is 31.8. The Labute approximate surface area is 67.6 Å². The molecule has 2 aliphatic heterocycles. The van der Waals surface area contributed by atoms with Crippen LogP contribution in [-0.4, -0.2) is 23.4 Å². The molecular weight excluding hydrogens is 138 g/mol. The van der Waals surface area contributed by atoms with Gasteiger partial charge in [-0.2, -0.15) is 0 Å². The van der Waals surface area contributed by atoms with Gasteiger partial charge in [0.15, 0.2) is 0 Å². The van der Waals surface area contributed by atoms with Crippen molar-refractivity contribution in [3.05, 3.63) is 0 Å². The highest BCUT2D eigenvalue weighted by Gasteiger charge is 2.30. The summed E-state index contributed by atoms with van der Waals surface area (Å²) in [5, 5.41) is 0. The molecule has 2 saturated heterocycles. The van der Waals surface area contributed by atoms with Crippen LogP contribution in [0.15, 0.2) is 0 Å². The van der Waals surface area contributed by atoms with Gasteiger partial charge in [-0.15, -0.1) is 0 Å². The first-order chi connectivity index (χ1) is 5.38. The molecule has 1 unspecified atom stereocenters. The van der Waals surface area contributed by atoms with Gasteiger partial charge in [-0.05, 0) is 19.3 Å². The Morgan fingerprint density at radius 3 is 3.00 bits per heavy atom. The Morgan fingerprint density at radius 1 is 1.18 bits per heavy atom. The van der Waals surface area contributed by atoms with E-state index in [2.05, 4.69) is 4.90 Å². The minimum atomic E-state index is 0.400. The Hall–Kier alpha value is -0.530. The number of hydrogen-bond donors (Lipinski definition) is 0. The van der Waals surface area contributed by atoms with Crippen LogP contribution in [0.4, 0.5) is 0 Å². The van der Waals surface area contributed by atoms with E-state index >= 15 is 0 Å². The fourth-order valence-electron chi connectivity index (χ4n) is 2.24. The lowest BCUT2D eigenvalue weighted by Gasteiger charge is -2.21. The lowest BCUT2D eigenvalue weighted by molar-refractivity contribution is -0.128. The molecule has 0 spiro atoms. The average Bonchev–Trinajstić information content (AvgIpc) is 2.25. The molecule has 2 rings (SSSR count). The zero-order valence-electron chi connectivity index (χ0n) is 6.88. The number of nitrogens with zero attached hydrogens (tertiary/aromatic N) is 1. The van der Waals surface area contributed by atoms with Gasteiger partial charge in [0.05, 0.1) is 0 Å². The van der Waals surface area contributed by atoms with E-state index in [1.54, 1.807) is 0 Å². The van der Waals surface area contributed by atoms with Gasteiger partial charge in [0.25, 0.3) is 0 Å². The van der Waals surface area contributed by atoms with Crippen molar-refractivity contribution in [3.8, 4) is 0 Å². The van der Waals surface area contributed by atoms with E-state index < -0.39 is 0 Å².